The molecule has 1 fully saturated rings. The van der Waals surface area contributed by atoms with Gasteiger partial charge in [0.1, 0.15) is 23.9 Å². The minimum absolute atomic E-state index is 0.172. The summed E-state index contributed by atoms with van der Waals surface area (Å²) in [6.45, 7) is 2.41. The Balaban J connectivity index is 1.23. The van der Waals surface area contributed by atoms with E-state index >= 15 is 0 Å². The lowest BCUT2D eigenvalue weighted by Crippen LogP contribution is -2.44. The van der Waals surface area contributed by atoms with Gasteiger partial charge in [-0.25, -0.2) is 9.69 Å². The van der Waals surface area contributed by atoms with E-state index in [9.17, 15) is 14.4 Å². The number of cyclic esters (lactones) is 1. The first-order valence-electron chi connectivity index (χ1n) is 14.8. The summed E-state index contributed by atoms with van der Waals surface area (Å²) in [5, 5.41) is 2.96. The van der Waals surface area contributed by atoms with Crippen LogP contribution in [0.3, 0.4) is 0 Å². The van der Waals surface area contributed by atoms with Crippen LogP contribution in [0.5, 0.6) is 17.2 Å². The largest absolute Gasteiger partial charge is 0.496 e. The zero-order chi connectivity index (χ0) is 30.9. The topological polar surface area (TPSA) is 94.2 Å². The Labute approximate surface area is 257 Å². The highest BCUT2D eigenvalue weighted by Crippen LogP contribution is 2.27. The maximum absolute atomic E-state index is 13.6. The van der Waals surface area contributed by atoms with E-state index < -0.39 is 12.0 Å². The molecule has 5 rings (SSSR count). The van der Waals surface area contributed by atoms with Gasteiger partial charge < -0.3 is 19.5 Å². The SMILES string of the molecule is CC[C@@H](Cc1ccc(OC)c(C(=O)NCc2ccc(Oc3ccccc3)cc2)c1)C(=O)N1C(=O)OC[C@H]1Cc1ccccc1. The third-order valence-electron chi connectivity index (χ3n) is 7.70. The van der Waals surface area contributed by atoms with Gasteiger partial charge in [-0.1, -0.05) is 73.7 Å². The highest BCUT2D eigenvalue weighted by Gasteiger charge is 2.40. The first-order valence-corrected chi connectivity index (χ1v) is 14.8. The van der Waals surface area contributed by atoms with Gasteiger partial charge in [-0.15, -0.1) is 0 Å². The van der Waals surface area contributed by atoms with E-state index in [1.165, 1.54) is 12.0 Å². The molecule has 0 radical (unpaired) electrons. The van der Waals surface area contributed by atoms with Crippen LogP contribution < -0.4 is 14.8 Å². The maximum Gasteiger partial charge on any atom is 0.416 e. The van der Waals surface area contributed by atoms with E-state index in [1.807, 2.05) is 97.9 Å². The van der Waals surface area contributed by atoms with Crippen LogP contribution in [0.4, 0.5) is 4.79 Å². The van der Waals surface area contributed by atoms with Gasteiger partial charge in [-0.2, -0.15) is 0 Å². The van der Waals surface area contributed by atoms with Crippen LogP contribution in [-0.2, 0) is 28.9 Å². The summed E-state index contributed by atoms with van der Waals surface area (Å²) in [5.41, 5.74) is 3.11. The lowest BCUT2D eigenvalue weighted by atomic mass is 9.93. The second kappa shape index (κ2) is 14.4. The van der Waals surface area contributed by atoms with Gasteiger partial charge in [0.05, 0.1) is 18.7 Å². The summed E-state index contributed by atoms with van der Waals surface area (Å²) in [6.07, 6.45) is 0.816. The average Bonchev–Trinajstić information content (AvgIpc) is 3.42. The second-order valence-corrected chi connectivity index (χ2v) is 10.7. The lowest BCUT2D eigenvalue weighted by Gasteiger charge is -2.24. The van der Waals surface area contributed by atoms with Crippen LogP contribution in [0.1, 0.15) is 40.4 Å². The first kappa shape index (κ1) is 30.4. The number of para-hydroxylation sites is 1. The number of hydrogen-bond donors (Lipinski definition) is 1. The summed E-state index contributed by atoms with van der Waals surface area (Å²) >= 11 is 0. The monoisotopic (exact) mass is 592 g/mol. The third kappa shape index (κ3) is 7.45. The van der Waals surface area contributed by atoms with Crippen molar-refractivity contribution in [1.82, 2.24) is 10.2 Å². The van der Waals surface area contributed by atoms with Crippen molar-refractivity contribution in [3.63, 3.8) is 0 Å². The number of carbonyl (C=O) groups excluding carboxylic acids is 3. The van der Waals surface area contributed by atoms with Crippen molar-refractivity contribution in [2.75, 3.05) is 13.7 Å². The van der Waals surface area contributed by atoms with Gasteiger partial charge in [0.2, 0.25) is 5.91 Å². The Morgan fingerprint density at radius 2 is 1.55 bits per heavy atom. The number of methoxy groups -OCH3 is 1. The summed E-state index contributed by atoms with van der Waals surface area (Å²) in [6, 6.07) is 31.8. The molecule has 1 N–H and O–H groups in total. The van der Waals surface area contributed by atoms with Crippen LogP contribution in [0.25, 0.3) is 0 Å². The fourth-order valence-electron chi connectivity index (χ4n) is 5.29. The quantitative estimate of drug-likeness (QED) is 0.200. The van der Waals surface area contributed by atoms with Gasteiger partial charge in [-0.3, -0.25) is 9.59 Å². The first-order chi connectivity index (χ1) is 21.4. The van der Waals surface area contributed by atoms with Gasteiger partial charge in [0, 0.05) is 12.5 Å². The third-order valence-corrected chi connectivity index (χ3v) is 7.70. The standard InChI is InChI=1S/C36H36N2O6/c1-3-28(35(40)38-29(24-43-36(38)41)21-25-10-6-4-7-11-25)20-27-16-19-33(42-2)32(22-27)34(39)37-23-26-14-17-31(18-15-26)44-30-12-8-5-9-13-30/h4-19,22,28-29H,3,20-21,23-24H2,1-2H3,(H,37,39)/t28-,29+/m0/s1. The number of hydrogen-bond acceptors (Lipinski definition) is 6. The van der Waals surface area contributed by atoms with Crippen LogP contribution >= 0.6 is 0 Å². The Kier molecular flexibility index (Phi) is 9.92. The van der Waals surface area contributed by atoms with Crippen molar-refractivity contribution in [3.8, 4) is 17.2 Å². The molecular formula is C36H36N2O6. The molecule has 8 nitrogen and oxygen atoms in total. The lowest BCUT2D eigenvalue weighted by molar-refractivity contribution is -0.133. The molecule has 4 aromatic carbocycles. The van der Waals surface area contributed by atoms with Crippen LogP contribution in [0.15, 0.2) is 103 Å². The number of amides is 3. The normalized spacial score (nSPS) is 14.9. The smallest absolute Gasteiger partial charge is 0.416 e. The minimum Gasteiger partial charge on any atom is -0.496 e. The van der Waals surface area contributed by atoms with Gasteiger partial charge in [0.25, 0.3) is 5.91 Å². The van der Waals surface area contributed by atoms with Crippen molar-refractivity contribution >= 4 is 17.9 Å². The van der Waals surface area contributed by atoms with Crippen molar-refractivity contribution in [2.24, 2.45) is 5.92 Å². The van der Waals surface area contributed by atoms with E-state index in [2.05, 4.69) is 5.32 Å². The fourth-order valence-corrected chi connectivity index (χ4v) is 5.29. The molecule has 44 heavy (non-hydrogen) atoms. The molecular weight excluding hydrogens is 556 g/mol. The summed E-state index contributed by atoms with van der Waals surface area (Å²) in [7, 11) is 1.52. The molecule has 0 unspecified atom stereocenters. The van der Waals surface area contributed by atoms with E-state index in [-0.39, 0.29) is 24.5 Å². The molecule has 1 aliphatic rings. The van der Waals surface area contributed by atoms with Gasteiger partial charge in [0.15, 0.2) is 0 Å². The summed E-state index contributed by atoms with van der Waals surface area (Å²) in [5.74, 6) is 0.869. The Hall–Kier alpha value is -5.11. The molecule has 1 saturated heterocycles. The van der Waals surface area contributed by atoms with E-state index in [0.717, 1.165) is 22.4 Å². The number of nitrogens with one attached hydrogen (secondary N) is 1. The Morgan fingerprint density at radius 3 is 2.23 bits per heavy atom. The number of ether oxygens (including phenoxy) is 3. The molecule has 1 heterocycles. The summed E-state index contributed by atoms with van der Waals surface area (Å²) in [4.78, 5) is 40.8. The van der Waals surface area contributed by atoms with Crippen molar-refractivity contribution < 1.29 is 28.6 Å². The van der Waals surface area contributed by atoms with Crippen LogP contribution in [-0.4, -0.2) is 42.6 Å². The second-order valence-electron chi connectivity index (χ2n) is 10.7. The highest BCUT2D eigenvalue weighted by molar-refractivity contribution is 5.97. The van der Waals surface area contributed by atoms with Crippen molar-refractivity contribution in [2.45, 2.75) is 38.8 Å². The molecule has 2 atom stereocenters. The molecule has 226 valence electrons. The Bertz CT molecular complexity index is 1570. The predicted octanol–water partition coefficient (Wildman–Crippen LogP) is 6.58. The fraction of sp³-hybridized carbons (Fsp3) is 0.250. The number of imide groups is 1. The van der Waals surface area contributed by atoms with Crippen molar-refractivity contribution in [1.29, 1.82) is 0 Å². The summed E-state index contributed by atoms with van der Waals surface area (Å²) < 4.78 is 16.6. The van der Waals surface area contributed by atoms with Crippen LogP contribution in [0.2, 0.25) is 0 Å². The minimum atomic E-state index is -0.608. The molecule has 0 aromatic heterocycles. The highest BCUT2D eigenvalue weighted by atomic mass is 16.6. The number of carbonyl (C=O) groups is 3. The van der Waals surface area contributed by atoms with Gasteiger partial charge >= 0.3 is 6.09 Å². The molecule has 0 aliphatic carbocycles. The number of rotatable bonds is 12. The zero-order valence-electron chi connectivity index (χ0n) is 24.9. The predicted molar refractivity (Wildman–Crippen MR) is 167 cm³/mol. The number of nitrogens with zero attached hydrogens (tertiary/aromatic N) is 1. The molecule has 4 aromatic rings. The molecule has 1 aliphatic heterocycles. The van der Waals surface area contributed by atoms with Crippen LogP contribution in [0, 0.1) is 5.92 Å². The maximum atomic E-state index is 13.6. The van der Waals surface area contributed by atoms with E-state index in [0.29, 0.717) is 42.9 Å². The average molecular weight is 593 g/mol. The Morgan fingerprint density at radius 1 is 0.886 bits per heavy atom. The van der Waals surface area contributed by atoms with E-state index in [1.54, 1.807) is 12.1 Å². The molecule has 0 spiro atoms. The number of benzene rings is 4. The molecule has 0 saturated carbocycles. The molecule has 8 heteroatoms. The van der Waals surface area contributed by atoms with Gasteiger partial charge in [-0.05, 0) is 72.4 Å². The molecule has 3 amide bonds. The van der Waals surface area contributed by atoms with E-state index in [4.69, 9.17) is 14.2 Å². The molecule has 0 bridgehead atoms. The zero-order valence-corrected chi connectivity index (χ0v) is 24.9. The van der Waals surface area contributed by atoms with Crippen molar-refractivity contribution in [3.05, 3.63) is 125 Å².